The highest BCUT2D eigenvalue weighted by Crippen LogP contribution is 2.29. The topological polar surface area (TPSA) is 21.3 Å². The lowest BCUT2D eigenvalue weighted by molar-refractivity contribution is 0.242. The van der Waals surface area contributed by atoms with Crippen molar-refractivity contribution in [1.82, 2.24) is 0 Å². The molecule has 0 heterocycles. The summed E-state index contributed by atoms with van der Waals surface area (Å²) >= 11 is 12.2. The van der Waals surface area contributed by atoms with E-state index in [4.69, 9.17) is 27.9 Å². The molecule has 0 amide bonds. The first kappa shape index (κ1) is 16.0. The molecule has 112 valence electrons. The van der Waals surface area contributed by atoms with Crippen LogP contribution in [-0.2, 0) is 6.54 Å². The first-order valence-electron chi connectivity index (χ1n) is 6.91. The highest BCUT2D eigenvalue weighted by molar-refractivity contribution is 6.32. The van der Waals surface area contributed by atoms with Gasteiger partial charge in [-0.1, -0.05) is 29.3 Å². The molecule has 21 heavy (non-hydrogen) atoms. The van der Waals surface area contributed by atoms with Crippen LogP contribution < -0.4 is 10.1 Å². The second-order valence-corrected chi connectivity index (χ2v) is 6.08. The molecule has 1 N–H and O–H groups in total. The largest absolute Gasteiger partial charge is 0.489 e. The van der Waals surface area contributed by atoms with Gasteiger partial charge in [0.05, 0.1) is 11.1 Å². The van der Waals surface area contributed by atoms with Crippen LogP contribution in [0, 0.1) is 6.92 Å². The third-order valence-corrected chi connectivity index (χ3v) is 3.61. The van der Waals surface area contributed by atoms with Crippen molar-refractivity contribution in [2.24, 2.45) is 0 Å². The molecule has 0 saturated carbocycles. The summed E-state index contributed by atoms with van der Waals surface area (Å²) in [5.74, 6) is 0.708. The second kappa shape index (κ2) is 7.06. The number of hydrogen-bond acceptors (Lipinski definition) is 2. The summed E-state index contributed by atoms with van der Waals surface area (Å²) in [5, 5.41) is 4.73. The summed E-state index contributed by atoms with van der Waals surface area (Å²) in [6.45, 7) is 6.73. The normalized spacial score (nSPS) is 10.8. The van der Waals surface area contributed by atoms with E-state index in [0.29, 0.717) is 10.8 Å². The maximum absolute atomic E-state index is 6.22. The molecule has 2 nitrogen and oxygen atoms in total. The Hall–Kier alpha value is -1.38. The fraction of sp³-hybridized carbons (Fsp3) is 0.294. The van der Waals surface area contributed by atoms with Crippen LogP contribution in [0.1, 0.15) is 25.0 Å². The lowest BCUT2D eigenvalue weighted by atomic mass is 10.1. The van der Waals surface area contributed by atoms with Crippen molar-refractivity contribution < 1.29 is 4.74 Å². The fourth-order valence-corrected chi connectivity index (χ4v) is 2.47. The number of hydrogen-bond donors (Lipinski definition) is 1. The summed E-state index contributed by atoms with van der Waals surface area (Å²) in [7, 11) is 0. The Labute approximate surface area is 136 Å². The number of anilines is 1. The molecule has 0 fully saturated rings. The number of ether oxygens (including phenoxy) is 1. The molecule has 0 unspecified atom stereocenters. The van der Waals surface area contributed by atoms with Crippen molar-refractivity contribution in [3.8, 4) is 5.75 Å². The van der Waals surface area contributed by atoms with Gasteiger partial charge in [-0.2, -0.15) is 0 Å². The minimum absolute atomic E-state index is 0.109. The Kier molecular flexibility index (Phi) is 5.38. The fourth-order valence-electron chi connectivity index (χ4n) is 2.02. The summed E-state index contributed by atoms with van der Waals surface area (Å²) in [5.41, 5.74) is 3.34. The smallest absolute Gasteiger partial charge is 0.138 e. The minimum atomic E-state index is 0.109. The first-order chi connectivity index (χ1) is 9.95. The Morgan fingerprint density at radius 1 is 1.10 bits per heavy atom. The van der Waals surface area contributed by atoms with Crippen molar-refractivity contribution in [1.29, 1.82) is 0 Å². The van der Waals surface area contributed by atoms with Gasteiger partial charge in [0.1, 0.15) is 5.75 Å². The molecule has 0 aliphatic rings. The maximum atomic E-state index is 6.22. The zero-order chi connectivity index (χ0) is 15.4. The van der Waals surface area contributed by atoms with Crippen LogP contribution in [-0.4, -0.2) is 6.10 Å². The number of benzene rings is 2. The predicted molar refractivity (Wildman–Crippen MR) is 90.7 cm³/mol. The number of nitrogens with one attached hydrogen (secondary N) is 1. The van der Waals surface area contributed by atoms with Gasteiger partial charge in [0.25, 0.3) is 0 Å². The van der Waals surface area contributed by atoms with Crippen molar-refractivity contribution in [2.75, 3.05) is 5.32 Å². The quantitative estimate of drug-likeness (QED) is 0.761. The van der Waals surface area contributed by atoms with E-state index in [0.717, 1.165) is 17.3 Å². The van der Waals surface area contributed by atoms with E-state index >= 15 is 0 Å². The van der Waals surface area contributed by atoms with Gasteiger partial charge in [-0.3, -0.25) is 0 Å². The van der Waals surface area contributed by atoms with Crippen LogP contribution in [0.2, 0.25) is 10.0 Å². The van der Waals surface area contributed by atoms with Crippen molar-refractivity contribution in [2.45, 2.75) is 33.4 Å². The predicted octanol–water partition coefficient (Wildman–Crippen LogP) is 5.70. The van der Waals surface area contributed by atoms with Gasteiger partial charge in [0.15, 0.2) is 0 Å². The van der Waals surface area contributed by atoms with Gasteiger partial charge in [0, 0.05) is 17.3 Å². The van der Waals surface area contributed by atoms with Gasteiger partial charge in [-0.15, -0.1) is 0 Å². The van der Waals surface area contributed by atoms with Crippen molar-refractivity contribution in [3.05, 3.63) is 57.6 Å². The van der Waals surface area contributed by atoms with Crippen LogP contribution in [0.4, 0.5) is 5.69 Å². The van der Waals surface area contributed by atoms with E-state index in [1.54, 1.807) is 0 Å². The molecule has 2 aromatic rings. The highest BCUT2D eigenvalue weighted by atomic mass is 35.5. The lowest BCUT2D eigenvalue weighted by Crippen LogP contribution is -2.06. The molecule has 4 heteroatoms. The van der Waals surface area contributed by atoms with Crippen LogP contribution in [0.5, 0.6) is 5.75 Å². The van der Waals surface area contributed by atoms with E-state index in [2.05, 4.69) is 12.2 Å². The zero-order valence-electron chi connectivity index (χ0n) is 12.4. The Morgan fingerprint density at radius 3 is 2.48 bits per heavy atom. The van der Waals surface area contributed by atoms with Crippen LogP contribution >= 0.6 is 23.2 Å². The van der Waals surface area contributed by atoms with Crippen molar-refractivity contribution in [3.63, 3.8) is 0 Å². The lowest BCUT2D eigenvalue weighted by Gasteiger charge is -2.14. The van der Waals surface area contributed by atoms with Crippen LogP contribution in [0.25, 0.3) is 0 Å². The molecule has 0 saturated heterocycles. The average Bonchev–Trinajstić information content (AvgIpc) is 2.40. The van der Waals surface area contributed by atoms with Crippen LogP contribution in [0.3, 0.4) is 0 Å². The summed E-state index contributed by atoms with van der Waals surface area (Å²) in [4.78, 5) is 0. The zero-order valence-corrected chi connectivity index (χ0v) is 13.9. The standard InChI is InChI=1S/C17H19Cl2NO/c1-11(2)21-17-7-6-15(9-16(17)19)20-10-13-4-5-14(18)8-12(13)3/h4-9,11,20H,10H2,1-3H3. The molecule has 0 atom stereocenters. The summed E-state index contributed by atoms with van der Waals surface area (Å²) in [6, 6.07) is 11.6. The summed E-state index contributed by atoms with van der Waals surface area (Å²) in [6.07, 6.45) is 0.109. The van der Waals surface area contributed by atoms with E-state index in [1.165, 1.54) is 11.1 Å². The molecule has 0 radical (unpaired) electrons. The summed E-state index contributed by atoms with van der Waals surface area (Å²) < 4.78 is 5.62. The highest BCUT2D eigenvalue weighted by Gasteiger charge is 2.05. The van der Waals surface area contributed by atoms with E-state index in [1.807, 2.05) is 50.2 Å². The van der Waals surface area contributed by atoms with Gasteiger partial charge in [-0.05, 0) is 62.2 Å². The molecule has 2 rings (SSSR count). The van der Waals surface area contributed by atoms with Gasteiger partial charge in [0.2, 0.25) is 0 Å². The molecule has 0 aliphatic heterocycles. The number of rotatable bonds is 5. The molecular formula is C17H19Cl2NO. The first-order valence-corrected chi connectivity index (χ1v) is 7.66. The van der Waals surface area contributed by atoms with E-state index in [9.17, 15) is 0 Å². The molecule has 0 bridgehead atoms. The second-order valence-electron chi connectivity index (χ2n) is 5.24. The molecule has 0 aliphatic carbocycles. The SMILES string of the molecule is Cc1cc(Cl)ccc1CNc1ccc(OC(C)C)c(Cl)c1. The Balaban J connectivity index is 2.05. The Bertz CT molecular complexity index is 626. The van der Waals surface area contributed by atoms with E-state index in [-0.39, 0.29) is 6.10 Å². The number of aryl methyl sites for hydroxylation is 1. The average molecular weight is 324 g/mol. The maximum Gasteiger partial charge on any atom is 0.138 e. The van der Waals surface area contributed by atoms with Gasteiger partial charge < -0.3 is 10.1 Å². The Morgan fingerprint density at radius 2 is 1.86 bits per heavy atom. The van der Waals surface area contributed by atoms with E-state index < -0.39 is 0 Å². The monoisotopic (exact) mass is 323 g/mol. The molecular weight excluding hydrogens is 305 g/mol. The van der Waals surface area contributed by atoms with Gasteiger partial charge >= 0.3 is 0 Å². The minimum Gasteiger partial charge on any atom is -0.489 e. The molecule has 0 spiro atoms. The number of halogens is 2. The molecule has 0 aromatic heterocycles. The molecule has 2 aromatic carbocycles. The van der Waals surface area contributed by atoms with Gasteiger partial charge in [-0.25, -0.2) is 0 Å². The van der Waals surface area contributed by atoms with Crippen LogP contribution in [0.15, 0.2) is 36.4 Å². The third-order valence-electron chi connectivity index (χ3n) is 3.08. The van der Waals surface area contributed by atoms with Crippen molar-refractivity contribution >= 4 is 28.9 Å². The third kappa shape index (κ3) is 4.55.